The molecule has 0 spiro atoms. The van der Waals surface area contributed by atoms with Crippen molar-refractivity contribution in [2.24, 2.45) is 0 Å². The molecule has 0 radical (unpaired) electrons. The van der Waals surface area contributed by atoms with E-state index < -0.39 is 0 Å². The summed E-state index contributed by atoms with van der Waals surface area (Å²) in [5.74, 6) is 1.96. The Kier molecular flexibility index (Phi) is 6.03. The van der Waals surface area contributed by atoms with Gasteiger partial charge in [0.25, 0.3) is 5.91 Å². The zero-order valence-corrected chi connectivity index (χ0v) is 17.4. The predicted molar refractivity (Wildman–Crippen MR) is 118 cm³/mol. The van der Waals surface area contributed by atoms with E-state index in [4.69, 9.17) is 4.42 Å². The van der Waals surface area contributed by atoms with Crippen LogP contribution in [0.2, 0.25) is 0 Å². The Morgan fingerprint density at radius 1 is 1.03 bits per heavy atom. The molecule has 0 bridgehead atoms. The maximum atomic E-state index is 12.5. The van der Waals surface area contributed by atoms with Crippen molar-refractivity contribution in [1.29, 1.82) is 0 Å². The molecule has 4 aromatic rings. The van der Waals surface area contributed by atoms with Crippen LogP contribution >= 0.6 is 0 Å². The summed E-state index contributed by atoms with van der Waals surface area (Å²) in [4.78, 5) is 25.9. The van der Waals surface area contributed by atoms with Crippen LogP contribution in [-0.4, -0.2) is 20.9 Å². The monoisotopic (exact) mass is 413 g/mol. The topological polar surface area (TPSA) is 92.9 Å². The van der Waals surface area contributed by atoms with E-state index in [1.807, 2.05) is 50.2 Å². The number of rotatable bonds is 7. The van der Waals surface area contributed by atoms with Crippen LogP contribution < -0.4 is 10.6 Å². The predicted octanol–water partition coefficient (Wildman–Crippen LogP) is 4.29. The number of aromatic nitrogens is 3. The highest BCUT2D eigenvalue weighted by Crippen LogP contribution is 2.21. The van der Waals surface area contributed by atoms with Gasteiger partial charge in [-0.1, -0.05) is 12.1 Å². The Morgan fingerprint density at radius 3 is 2.71 bits per heavy atom. The van der Waals surface area contributed by atoms with E-state index in [1.54, 1.807) is 30.8 Å². The number of carbonyl (C=O) groups is 1. The standard InChI is InChI=1S/C24H23N5O2/c1-16-17(2)28-23(20-8-4-10-25-14-20)29-22(16)26-13-18-6-3-7-19(12-18)24(30)27-15-21-9-5-11-31-21/h3-12,14H,13,15H2,1-2H3,(H,27,30)(H,26,28,29). The van der Waals surface area contributed by atoms with Gasteiger partial charge in [-0.2, -0.15) is 0 Å². The molecule has 0 aliphatic heterocycles. The second-order valence-electron chi connectivity index (χ2n) is 7.16. The summed E-state index contributed by atoms with van der Waals surface area (Å²) in [6.45, 7) is 4.84. The van der Waals surface area contributed by atoms with Gasteiger partial charge in [0.2, 0.25) is 0 Å². The molecule has 3 aromatic heterocycles. The first-order valence-corrected chi connectivity index (χ1v) is 9.99. The van der Waals surface area contributed by atoms with Gasteiger partial charge < -0.3 is 15.1 Å². The fourth-order valence-corrected chi connectivity index (χ4v) is 3.12. The highest BCUT2D eigenvalue weighted by molar-refractivity contribution is 5.94. The van der Waals surface area contributed by atoms with Gasteiger partial charge in [0, 0.05) is 41.3 Å². The molecule has 0 atom stereocenters. The second kappa shape index (κ2) is 9.21. The van der Waals surface area contributed by atoms with Crippen LogP contribution in [0.15, 0.2) is 71.6 Å². The first-order chi connectivity index (χ1) is 15.1. The van der Waals surface area contributed by atoms with Gasteiger partial charge in [0.05, 0.1) is 12.8 Å². The minimum atomic E-state index is -0.147. The molecule has 1 amide bonds. The Bertz CT molecular complexity index is 1170. The first kappa shape index (κ1) is 20.3. The van der Waals surface area contributed by atoms with Crippen molar-refractivity contribution in [3.05, 3.63) is 95.3 Å². The lowest BCUT2D eigenvalue weighted by Gasteiger charge is -2.13. The summed E-state index contributed by atoms with van der Waals surface area (Å²) < 4.78 is 5.25. The van der Waals surface area contributed by atoms with Crippen molar-refractivity contribution in [2.45, 2.75) is 26.9 Å². The highest BCUT2D eigenvalue weighted by atomic mass is 16.3. The number of amides is 1. The van der Waals surface area contributed by atoms with E-state index in [0.717, 1.165) is 28.2 Å². The second-order valence-corrected chi connectivity index (χ2v) is 7.16. The Morgan fingerprint density at radius 2 is 1.94 bits per heavy atom. The number of hydrogen-bond acceptors (Lipinski definition) is 6. The fraction of sp³-hybridized carbons (Fsp3) is 0.167. The number of carbonyl (C=O) groups excluding carboxylic acids is 1. The van der Waals surface area contributed by atoms with Gasteiger partial charge in [-0.25, -0.2) is 9.97 Å². The zero-order chi connectivity index (χ0) is 21.6. The van der Waals surface area contributed by atoms with Crippen LogP contribution in [-0.2, 0) is 13.1 Å². The summed E-state index contributed by atoms with van der Waals surface area (Å²) in [5.41, 5.74) is 4.33. The van der Waals surface area contributed by atoms with Crippen molar-refractivity contribution in [2.75, 3.05) is 5.32 Å². The van der Waals surface area contributed by atoms with E-state index >= 15 is 0 Å². The van der Waals surface area contributed by atoms with Gasteiger partial charge in [-0.3, -0.25) is 9.78 Å². The largest absolute Gasteiger partial charge is 0.467 e. The molecular weight excluding hydrogens is 390 g/mol. The van der Waals surface area contributed by atoms with Gasteiger partial charge in [-0.15, -0.1) is 0 Å². The normalized spacial score (nSPS) is 10.6. The lowest BCUT2D eigenvalue weighted by Crippen LogP contribution is -2.22. The van der Waals surface area contributed by atoms with Crippen LogP contribution in [0.1, 0.15) is 32.9 Å². The number of anilines is 1. The average Bonchev–Trinajstić information content (AvgIpc) is 3.33. The van der Waals surface area contributed by atoms with E-state index in [-0.39, 0.29) is 5.91 Å². The smallest absolute Gasteiger partial charge is 0.251 e. The number of nitrogens with one attached hydrogen (secondary N) is 2. The van der Waals surface area contributed by atoms with E-state index in [9.17, 15) is 4.79 Å². The molecule has 0 aliphatic rings. The summed E-state index contributed by atoms with van der Waals surface area (Å²) in [7, 11) is 0. The Labute approximate surface area is 180 Å². The summed E-state index contributed by atoms with van der Waals surface area (Å²) in [5, 5.41) is 6.25. The molecule has 2 N–H and O–H groups in total. The maximum Gasteiger partial charge on any atom is 0.251 e. The van der Waals surface area contributed by atoms with Gasteiger partial charge in [-0.05, 0) is 55.8 Å². The maximum absolute atomic E-state index is 12.5. The Balaban J connectivity index is 1.46. The lowest BCUT2D eigenvalue weighted by molar-refractivity contribution is 0.0948. The molecule has 156 valence electrons. The van der Waals surface area contributed by atoms with Gasteiger partial charge in [0.1, 0.15) is 11.6 Å². The third kappa shape index (κ3) is 4.95. The number of pyridine rings is 1. The Hall–Kier alpha value is -4.00. The summed E-state index contributed by atoms with van der Waals surface area (Å²) in [6, 6.07) is 14.9. The van der Waals surface area contributed by atoms with E-state index in [0.29, 0.717) is 30.2 Å². The van der Waals surface area contributed by atoms with Gasteiger partial charge in [0.15, 0.2) is 5.82 Å². The molecule has 7 heteroatoms. The van der Waals surface area contributed by atoms with Crippen LogP contribution in [0.3, 0.4) is 0 Å². The highest BCUT2D eigenvalue weighted by Gasteiger charge is 2.11. The van der Waals surface area contributed by atoms with Crippen molar-refractivity contribution < 1.29 is 9.21 Å². The molecule has 0 unspecified atom stereocenters. The molecule has 31 heavy (non-hydrogen) atoms. The number of nitrogens with zero attached hydrogens (tertiary/aromatic N) is 3. The third-order valence-electron chi connectivity index (χ3n) is 4.96. The van der Waals surface area contributed by atoms with Crippen molar-refractivity contribution in [3.63, 3.8) is 0 Å². The zero-order valence-electron chi connectivity index (χ0n) is 17.4. The van der Waals surface area contributed by atoms with E-state index in [1.165, 1.54) is 0 Å². The molecule has 1 aromatic carbocycles. The number of hydrogen-bond donors (Lipinski definition) is 2. The molecule has 3 heterocycles. The SMILES string of the molecule is Cc1nc(-c2cccnc2)nc(NCc2cccc(C(=O)NCc3ccco3)c2)c1C. The number of aryl methyl sites for hydroxylation is 1. The molecule has 0 aliphatic carbocycles. The first-order valence-electron chi connectivity index (χ1n) is 9.99. The molecular formula is C24H23N5O2. The van der Waals surface area contributed by atoms with Crippen molar-refractivity contribution >= 4 is 11.7 Å². The van der Waals surface area contributed by atoms with Crippen LogP contribution in [0, 0.1) is 13.8 Å². The molecule has 4 rings (SSSR count). The third-order valence-corrected chi connectivity index (χ3v) is 4.96. The minimum absolute atomic E-state index is 0.147. The quantitative estimate of drug-likeness (QED) is 0.469. The van der Waals surface area contributed by atoms with Gasteiger partial charge >= 0.3 is 0 Å². The van der Waals surface area contributed by atoms with Crippen LogP contribution in [0.4, 0.5) is 5.82 Å². The molecule has 0 saturated carbocycles. The lowest BCUT2D eigenvalue weighted by atomic mass is 10.1. The van der Waals surface area contributed by atoms with Crippen LogP contribution in [0.25, 0.3) is 11.4 Å². The number of benzene rings is 1. The molecule has 0 saturated heterocycles. The minimum Gasteiger partial charge on any atom is -0.467 e. The van der Waals surface area contributed by atoms with Crippen molar-refractivity contribution in [3.8, 4) is 11.4 Å². The number of furan rings is 1. The van der Waals surface area contributed by atoms with Crippen LogP contribution in [0.5, 0.6) is 0 Å². The average molecular weight is 413 g/mol. The molecule has 7 nitrogen and oxygen atoms in total. The summed E-state index contributed by atoms with van der Waals surface area (Å²) in [6.07, 6.45) is 5.06. The fourth-order valence-electron chi connectivity index (χ4n) is 3.12. The molecule has 0 fully saturated rings. The van der Waals surface area contributed by atoms with Crippen molar-refractivity contribution in [1.82, 2.24) is 20.3 Å². The summed E-state index contributed by atoms with van der Waals surface area (Å²) >= 11 is 0. The van der Waals surface area contributed by atoms with E-state index in [2.05, 4.69) is 25.6 Å².